The van der Waals surface area contributed by atoms with Crippen LogP contribution in [0.25, 0.3) is 0 Å². The minimum absolute atomic E-state index is 0.118. The van der Waals surface area contributed by atoms with Crippen LogP contribution in [0.3, 0.4) is 0 Å². The van der Waals surface area contributed by atoms with Crippen molar-refractivity contribution < 1.29 is 19.4 Å². The Balaban J connectivity index is 1.86. The van der Waals surface area contributed by atoms with Crippen molar-refractivity contribution in [2.75, 3.05) is 20.3 Å². The molecule has 2 aromatic rings. The number of amides is 1. The molecular weight excluding hydrogens is 306 g/mol. The number of benzene rings is 2. The maximum absolute atomic E-state index is 11.9. The van der Waals surface area contributed by atoms with E-state index in [0.29, 0.717) is 16.5 Å². The van der Waals surface area contributed by atoms with E-state index in [-0.39, 0.29) is 24.5 Å². The second-order valence-electron chi connectivity index (χ2n) is 4.42. The molecule has 0 atom stereocenters. The molecule has 0 unspecified atom stereocenters. The van der Waals surface area contributed by atoms with Crippen LogP contribution in [-0.2, 0) is 0 Å². The van der Waals surface area contributed by atoms with Crippen molar-refractivity contribution in [2.45, 2.75) is 0 Å². The van der Waals surface area contributed by atoms with Gasteiger partial charge in [0.2, 0.25) is 0 Å². The number of carbonyl (C=O) groups excluding carboxylic acids is 1. The molecule has 0 bridgehead atoms. The Morgan fingerprint density at radius 2 is 1.95 bits per heavy atom. The Labute approximate surface area is 133 Å². The lowest BCUT2D eigenvalue weighted by Gasteiger charge is -2.11. The second kappa shape index (κ2) is 7.56. The van der Waals surface area contributed by atoms with E-state index in [1.165, 1.54) is 18.2 Å². The quantitative estimate of drug-likeness (QED) is 0.803. The van der Waals surface area contributed by atoms with Gasteiger partial charge in [-0.05, 0) is 30.3 Å². The third kappa shape index (κ3) is 4.05. The van der Waals surface area contributed by atoms with E-state index in [4.69, 9.17) is 21.1 Å². The number of phenolic OH excluding ortho intramolecular Hbond substituents is 1. The van der Waals surface area contributed by atoms with Gasteiger partial charge in [0.05, 0.1) is 19.2 Å². The lowest BCUT2D eigenvalue weighted by atomic mass is 10.2. The lowest BCUT2D eigenvalue weighted by molar-refractivity contribution is 0.0944. The van der Waals surface area contributed by atoms with E-state index in [1.54, 1.807) is 19.2 Å². The minimum Gasteiger partial charge on any atom is -0.507 e. The molecule has 0 radical (unpaired) electrons. The molecule has 0 spiro atoms. The van der Waals surface area contributed by atoms with Crippen LogP contribution < -0.4 is 14.8 Å². The molecule has 0 saturated carbocycles. The molecule has 0 aromatic heterocycles. The normalized spacial score (nSPS) is 10.1. The van der Waals surface area contributed by atoms with E-state index in [1.807, 2.05) is 12.1 Å². The number of rotatable bonds is 6. The highest BCUT2D eigenvalue weighted by Gasteiger charge is 2.11. The van der Waals surface area contributed by atoms with Crippen molar-refractivity contribution in [2.24, 2.45) is 0 Å². The molecule has 0 heterocycles. The van der Waals surface area contributed by atoms with Crippen molar-refractivity contribution in [1.29, 1.82) is 0 Å². The third-order valence-corrected chi connectivity index (χ3v) is 3.15. The van der Waals surface area contributed by atoms with Crippen LogP contribution in [0.2, 0.25) is 5.02 Å². The number of para-hydroxylation sites is 2. The van der Waals surface area contributed by atoms with Gasteiger partial charge in [-0.1, -0.05) is 23.7 Å². The molecule has 0 aliphatic rings. The molecule has 5 nitrogen and oxygen atoms in total. The molecule has 116 valence electrons. The number of ether oxygens (including phenoxy) is 2. The highest BCUT2D eigenvalue weighted by atomic mass is 35.5. The van der Waals surface area contributed by atoms with Gasteiger partial charge in [-0.15, -0.1) is 0 Å². The zero-order chi connectivity index (χ0) is 15.9. The standard InChI is InChI=1S/C16H16ClNO4/c1-21-14-4-2-3-5-15(14)22-9-8-18-16(20)12-10-11(17)6-7-13(12)19/h2-7,10,19H,8-9H2,1H3,(H,18,20). The van der Waals surface area contributed by atoms with Gasteiger partial charge >= 0.3 is 0 Å². The summed E-state index contributed by atoms with van der Waals surface area (Å²) in [7, 11) is 1.56. The van der Waals surface area contributed by atoms with Crippen LogP contribution in [-0.4, -0.2) is 31.3 Å². The van der Waals surface area contributed by atoms with Gasteiger partial charge in [-0.25, -0.2) is 0 Å². The Morgan fingerprint density at radius 1 is 1.23 bits per heavy atom. The van der Waals surface area contributed by atoms with Crippen LogP contribution in [0.15, 0.2) is 42.5 Å². The summed E-state index contributed by atoms with van der Waals surface area (Å²) < 4.78 is 10.7. The molecule has 2 N–H and O–H groups in total. The largest absolute Gasteiger partial charge is 0.507 e. The average Bonchev–Trinajstić information content (AvgIpc) is 2.54. The molecule has 0 aliphatic heterocycles. The molecule has 6 heteroatoms. The van der Waals surface area contributed by atoms with Gasteiger partial charge in [0.25, 0.3) is 5.91 Å². The van der Waals surface area contributed by atoms with E-state index >= 15 is 0 Å². The molecule has 22 heavy (non-hydrogen) atoms. The predicted molar refractivity (Wildman–Crippen MR) is 83.9 cm³/mol. The summed E-state index contributed by atoms with van der Waals surface area (Å²) in [6.07, 6.45) is 0. The fourth-order valence-electron chi connectivity index (χ4n) is 1.85. The van der Waals surface area contributed by atoms with E-state index in [2.05, 4.69) is 5.32 Å². The monoisotopic (exact) mass is 321 g/mol. The van der Waals surface area contributed by atoms with Crippen LogP contribution in [0.1, 0.15) is 10.4 Å². The fourth-order valence-corrected chi connectivity index (χ4v) is 2.02. The van der Waals surface area contributed by atoms with E-state index < -0.39 is 5.91 Å². The summed E-state index contributed by atoms with van der Waals surface area (Å²) in [6.45, 7) is 0.552. The summed E-state index contributed by atoms with van der Waals surface area (Å²) >= 11 is 5.81. The molecule has 0 saturated heterocycles. The first-order valence-electron chi connectivity index (χ1n) is 6.64. The third-order valence-electron chi connectivity index (χ3n) is 2.92. The van der Waals surface area contributed by atoms with Crippen LogP contribution >= 0.6 is 11.6 Å². The summed E-state index contributed by atoms with van der Waals surface area (Å²) in [5, 5.41) is 12.7. The van der Waals surface area contributed by atoms with Crippen molar-refractivity contribution in [3.63, 3.8) is 0 Å². The Kier molecular flexibility index (Phi) is 5.49. The summed E-state index contributed by atoms with van der Waals surface area (Å²) in [6, 6.07) is 11.5. The van der Waals surface area contributed by atoms with Crippen molar-refractivity contribution in [3.05, 3.63) is 53.1 Å². The summed E-state index contributed by atoms with van der Waals surface area (Å²) in [4.78, 5) is 11.9. The fraction of sp³-hybridized carbons (Fsp3) is 0.188. The number of hydrogen-bond donors (Lipinski definition) is 2. The van der Waals surface area contributed by atoms with Crippen molar-refractivity contribution in [1.82, 2.24) is 5.32 Å². The highest BCUT2D eigenvalue weighted by molar-refractivity contribution is 6.31. The number of nitrogens with one attached hydrogen (secondary N) is 1. The molecule has 0 aliphatic carbocycles. The number of carbonyl (C=O) groups is 1. The first-order valence-corrected chi connectivity index (χ1v) is 7.02. The lowest BCUT2D eigenvalue weighted by Crippen LogP contribution is -2.28. The molecule has 2 rings (SSSR count). The average molecular weight is 322 g/mol. The summed E-state index contributed by atoms with van der Waals surface area (Å²) in [5.41, 5.74) is 0.129. The van der Waals surface area contributed by atoms with Gasteiger partial charge in [0, 0.05) is 5.02 Å². The van der Waals surface area contributed by atoms with Crippen molar-refractivity contribution in [3.8, 4) is 17.2 Å². The highest BCUT2D eigenvalue weighted by Crippen LogP contribution is 2.25. The van der Waals surface area contributed by atoms with Crippen LogP contribution in [0.4, 0.5) is 0 Å². The zero-order valence-corrected chi connectivity index (χ0v) is 12.8. The Bertz CT molecular complexity index is 660. The van der Waals surface area contributed by atoms with Gasteiger partial charge in [0.15, 0.2) is 11.5 Å². The van der Waals surface area contributed by atoms with Gasteiger partial charge in [0.1, 0.15) is 12.4 Å². The number of aromatic hydroxyl groups is 1. The maximum Gasteiger partial charge on any atom is 0.255 e. The summed E-state index contributed by atoms with van der Waals surface area (Å²) in [5.74, 6) is 0.697. The van der Waals surface area contributed by atoms with Crippen LogP contribution in [0.5, 0.6) is 17.2 Å². The Hall–Kier alpha value is -2.40. The first-order chi connectivity index (χ1) is 10.6. The van der Waals surface area contributed by atoms with E-state index in [9.17, 15) is 9.90 Å². The van der Waals surface area contributed by atoms with Crippen molar-refractivity contribution >= 4 is 17.5 Å². The maximum atomic E-state index is 11.9. The minimum atomic E-state index is -0.413. The zero-order valence-electron chi connectivity index (χ0n) is 12.0. The SMILES string of the molecule is COc1ccccc1OCCNC(=O)c1cc(Cl)ccc1O. The first kappa shape index (κ1) is 16.0. The number of halogens is 1. The molecule has 2 aromatic carbocycles. The molecule has 1 amide bonds. The van der Waals surface area contributed by atoms with Gasteiger partial charge in [-0.3, -0.25) is 4.79 Å². The molecule has 0 fully saturated rings. The van der Waals surface area contributed by atoms with Crippen LogP contribution in [0, 0.1) is 0 Å². The number of hydrogen-bond acceptors (Lipinski definition) is 4. The van der Waals surface area contributed by atoms with E-state index in [0.717, 1.165) is 0 Å². The number of methoxy groups -OCH3 is 1. The predicted octanol–water partition coefficient (Wildman–Crippen LogP) is 2.86. The van der Waals surface area contributed by atoms with Gasteiger partial charge < -0.3 is 19.9 Å². The molecular formula is C16H16ClNO4. The number of phenols is 1. The smallest absolute Gasteiger partial charge is 0.255 e. The topological polar surface area (TPSA) is 67.8 Å². The van der Waals surface area contributed by atoms with Gasteiger partial charge in [-0.2, -0.15) is 0 Å². The Morgan fingerprint density at radius 3 is 2.68 bits per heavy atom. The second-order valence-corrected chi connectivity index (χ2v) is 4.85.